The molecule has 0 saturated heterocycles. The van der Waals surface area contributed by atoms with Crippen molar-refractivity contribution >= 4 is 10.4 Å². The van der Waals surface area contributed by atoms with Crippen molar-refractivity contribution in [1.82, 2.24) is 0 Å². The van der Waals surface area contributed by atoms with Crippen LogP contribution in [0.1, 0.15) is 6.92 Å². The van der Waals surface area contributed by atoms with E-state index in [1.807, 2.05) is 0 Å². The van der Waals surface area contributed by atoms with Crippen LogP contribution in [0.5, 0.6) is 0 Å². The summed E-state index contributed by atoms with van der Waals surface area (Å²) in [6.45, 7) is 4.24. The van der Waals surface area contributed by atoms with Gasteiger partial charge in [-0.3, -0.25) is 4.55 Å². The van der Waals surface area contributed by atoms with Gasteiger partial charge in [0.2, 0.25) is 0 Å². The van der Waals surface area contributed by atoms with E-state index in [1.54, 1.807) is 0 Å². The molecule has 0 fully saturated rings. The fraction of sp³-hybridized carbons (Fsp3) is 0.500. The first-order valence-electron chi connectivity index (χ1n) is 2.32. The minimum absolute atomic E-state index is 0. The van der Waals surface area contributed by atoms with Crippen molar-refractivity contribution in [3.8, 4) is 0 Å². The summed E-state index contributed by atoms with van der Waals surface area (Å²) in [5.41, 5.74) is 0. The Labute approximate surface area is 88.3 Å². The van der Waals surface area contributed by atoms with Crippen LogP contribution in [0.4, 0.5) is 0 Å². The maximum Gasteiger partial charge on any atom is 1.00 e. The largest absolute Gasteiger partial charge is 1.00 e. The molecule has 0 spiro atoms. The van der Waals surface area contributed by atoms with E-state index in [-0.39, 0.29) is 36.2 Å². The molecule has 5 nitrogen and oxygen atoms in total. The topological polar surface area (TPSA) is 86.7 Å². The third-order valence-corrected chi connectivity index (χ3v) is 0.800. The van der Waals surface area contributed by atoms with Crippen LogP contribution < -0.4 is 34.7 Å². The fourth-order valence-corrected chi connectivity index (χ4v) is 0.447. The molecule has 0 heterocycles. The average molecular weight is 192 g/mol. The maximum absolute atomic E-state index is 9.56. The van der Waals surface area contributed by atoms with Gasteiger partial charge in [-0.25, -0.2) is 4.18 Å². The maximum atomic E-state index is 9.56. The van der Waals surface area contributed by atoms with Gasteiger partial charge in [-0.2, -0.15) is 14.7 Å². The van der Waals surface area contributed by atoms with E-state index in [0.717, 1.165) is 0 Å². The smallest absolute Gasteiger partial charge is 0.878 e. The van der Waals surface area contributed by atoms with Crippen molar-refractivity contribution in [3.05, 3.63) is 12.8 Å². The quantitative estimate of drug-likeness (QED) is 0.276. The van der Waals surface area contributed by atoms with Crippen molar-refractivity contribution in [2.24, 2.45) is 0 Å². The normalized spacial score (nSPS) is 8.55. The molecule has 0 radical (unpaired) electrons. The van der Waals surface area contributed by atoms with Crippen molar-refractivity contribution in [3.63, 3.8) is 0 Å². The number of hydrogen-bond donors (Lipinski definition) is 1. The Morgan fingerprint density at radius 3 is 2.00 bits per heavy atom. The molecule has 0 aromatic rings. The van der Waals surface area contributed by atoms with Gasteiger partial charge in [-0.15, -0.1) is 6.58 Å². The van der Waals surface area contributed by atoms with Gasteiger partial charge in [0, 0.05) is 0 Å². The Morgan fingerprint density at radius 2 is 2.00 bits per heavy atom. The predicted molar refractivity (Wildman–Crippen MR) is 33.4 cm³/mol. The van der Waals surface area contributed by atoms with Gasteiger partial charge in [0.25, 0.3) is 0 Å². The predicted octanol–water partition coefficient (Wildman–Crippen LogP) is -3.68. The molecule has 0 amide bonds. The molecule has 0 aromatic heterocycles. The first-order chi connectivity index (χ1) is 4.47. The summed E-state index contributed by atoms with van der Waals surface area (Å²) in [5.74, 6) is 0. The van der Waals surface area contributed by atoms with Crippen LogP contribution >= 0.6 is 0 Å². The first kappa shape index (κ1) is 17.5. The molecule has 7 heteroatoms. The molecule has 0 saturated carbocycles. The second kappa shape index (κ2) is 10.4. The molecule has 62 valence electrons. The first-order valence-corrected chi connectivity index (χ1v) is 3.69. The third kappa shape index (κ3) is 37.9. The molecule has 11 heavy (non-hydrogen) atoms. The Balaban J connectivity index is -0.000000140. The molecule has 0 atom stereocenters. The number of rotatable bonds is 2. The Kier molecular flexibility index (Phi) is 16.5. The van der Waals surface area contributed by atoms with Crippen LogP contribution in [0.15, 0.2) is 12.8 Å². The van der Waals surface area contributed by atoms with Crippen LogP contribution in [-0.2, 0) is 14.6 Å². The van der Waals surface area contributed by atoms with Crippen molar-refractivity contribution in [1.29, 1.82) is 0 Å². The summed E-state index contributed by atoms with van der Waals surface area (Å²) in [6, 6.07) is 0. The van der Waals surface area contributed by atoms with Gasteiger partial charge in [0.15, 0.2) is 0 Å². The van der Waals surface area contributed by atoms with Crippen molar-refractivity contribution in [2.75, 3.05) is 6.61 Å². The molecular formula is C4H9NaO5S. The second-order valence-corrected chi connectivity index (χ2v) is 2.09. The standard InChI is InChI=1S/C2H6O4S.C2H4O.Na/c1-2-6-7(3,4)5;1-2-3;/h2H2,1H3,(H,3,4,5);2-3H,1H2;/q;;+1/p-1. The number of hydrogen-bond acceptors (Lipinski definition) is 4. The Morgan fingerprint density at radius 1 is 1.73 bits per heavy atom. The zero-order chi connectivity index (χ0) is 8.62. The van der Waals surface area contributed by atoms with Gasteiger partial charge in [0.05, 0.1) is 6.61 Å². The summed E-state index contributed by atoms with van der Waals surface area (Å²) < 4.78 is 30.7. The van der Waals surface area contributed by atoms with Gasteiger partial charge >= 0.3 is 40.0 Å². The van der Waals surface area contributed by atoms with Crippen LogP contribution in [0.3, 0.4) is 0 Å². The van der Waals surface area contributed by atoms with Crippen LogP contribution in [0.2, 0.25) is 0 Å². The minimum atomic E-state index is -4.17. The van der Waals surface area contributed by atoms with E-state index in [4.69, 9.17) is 9.66 Å². The minimum Gasteiger partial charge on any atom is -0.878 e. The summed E-state index contributed by atoms with van der Waals surface area (Å²) in [5, 5.41) is 8.69. The molecule has 0 aromatic carbocycles. The summed E-state index contributed by atoms with van der Waals surface area (Å²) in [7, 11) is -4.17. The van der Waals surface area contributed by atoms with Crippen LogP contribution in [0.25, 0.3) is 0 Å². The summed E-state index contributed by atoms with van der Waals surface area (Å²) in [6.07, 6.45) is 0.500. The van der Waals surface area contributed by atoms with Crippen molar-refractivity contribution < 1.29 is 51.8 Å². The average Bonchev–Trinajstić information content (AvgIpc) is 1.63. The van der Waals surface area contributed by atoms with Gasteiger partial charge in [-0.05, 0) is 6.92 Å². The Hall–Kier alpha value is 0.410. The third-order valence-electron chi connectivity index (χ3n) is 0.267. The zero-order valence-corrected chi connectivity index (χ0v) is 9.30. The zero-order valence-electron chi connectivity index (χ0n) is 6.48. The van der Waals surface area contributed by atoms with Crippen LogP contribution in [-0.4, -0.2) is 19.6 Å². The van der Waals surface area contributed by atoms with E-state index in [9.17, 15) is 8.42 Å². The van der Waals surface area contributed by atoms with Crippen LogP contribution in [0, 0.1) is 0 Å². The van der Waals surface area contributed by atoms with E-state index >= 15 is 0 Å². The van der Waals surface area contributed by atoms with Crippen molar-refractivity contribution in [2.45, 2.75) is 6.92 Å². The molecule has 0 unspecified atom stereocenters. The van der Waals surface area contributed by atoms with E-state index < -0.39 is 10.4 Å². The SMILES string of the molecule is C=C[O-].CCOS(=O)(=O)O.[Na+]. The molecule has 0 aliphatic carbocycles. The van der Waals surface area contributed by atoms with E-state index in [0.29, 0.717) is 6.26 Å². The molecular weight excluding hydrogens is 183 g/mol. The fourth-order valence-electron chi connectivity index (χ4n) is 0.149. The molecule has 0 aliphatic rings. The molecule has 0 rings (SSSR count). The van der Waals surface area contributed by atoms with Gasteiger partial charge < -0.3 is 5.11 Å². The van der Waals surface area contributed by atoms with Gasteiger partial charge in [-0.1, -0.05) is 0 Å². The Bertz CT molecular complexity index is 163. The molecule has 0 bridgehead atoms. The van der Waals surface area contributed by atoms with Gasteiger partial charge in [0.1, 0.15) is 0 Å². The van der Waals surface area contributed by atoms with E-state index in [2.05, 4.69) is 10.8 Å². The van der Waals surface area contributed by atoms with E-state index in [1.165, 1.54) is 6.92 Å². The molecule has 1 N–H and O–H groups in total. The summed E-state index contributed by atoms with van der Waals surface area (Å²) in [4.78, 5) is 0. The second-order valence-electron chi connectivity index (χ2n) is 1.00. The molecule has 0 aliphatic heterocycles. The monoisotopic (exact) mass is 192 g/mol. The summed E-state index contributed by atoms with van der Waals surface area (Å²) >= 11 is 0.